The molecule has 0 aliphatic carbocycles. The smallest absolute Gasteiger partial charge is 0.0612 e. The van der Waals surface area contributed by atoms with Crippen LogP contribution in [0.15, 0.2) is 70.9 Å². The number of rotatable bonds is 3. The predicted octanol–water partition coefficient (Wildman–Crippen LogP) is 2.18. The summed E-state index contributed by atoms with van der Waals surface area (Å²) in [6, 6.07) is 22.4. The molecule has 8 fully saturated rings. The van der Waals surface area contributed by atoms with E-state index >= 15 is 0 Å². The van der Waals surface area contributed by atoms with E-state index in [0.717, 1.165) is 52.4 Å². The first-order chi connectivity index (χ1) is 17.7. The van der Waals surface area contributed by atoms with Gasteiger partial charge in [-0.05, 0) is 11.1 Å². The lowest BCUT2D eigenvalue weighted by Crippen LogP contribution is -2.64. The van der Waals surface area contributed by atoms with E-state index in [9.17, 15) is 0 Å². The van der Waals surface area contributed by atoms with E-state index < -0.39 is 0 Å². The van der Waals surface area contributed by atoms with Crippen LogP contribution in [-0.2, 0) is 10.8 Å². The Morgan fingerprint density at radius 2 is 0.833 bits per heavy atom. The third kappa shape index (κ3) is 3.18. The van der Waals surface area contributed by atoms with Crippen molar-refractivity contribution in [2.45, 2.75) is 10.8 Å². The molecule has 6 heteroatoms. The zero-order chi connectivity index (χ0) is 23.7. The Kier molecular flexibility index (Phi) is 4.85. The molecule has 0 radical (unpaired) electrons. The van der Waals surface area contributed by atoms with Crippen LogP contribution in [0.25, 0.3) is 0 Å². The molecule has 6 nitrogen and oxygen atoms in total. The third-order valence-corrected chi connectivity index (χ3v) is 10.0. The van der Waals surface area contributed by atoms with Gasteiger partial charge in [-0.1, -0.05) is 60.7 Å². The van der Waals surface area contributed by atoms with Crippen LogP contribution in [0.1, 0.15) is 11.1 Å². The van der Waals surface area contributed by atoms with Crippen LogP contribution in [-0.4, -0.2) is 110 Å². The molecule has 8 aliphatic rings. The maximum absolute atomic E-state index is 5.37. The van der Waals surface area contributed by atoms with Crippen molar-refractivity contribution in [3.63, 3.8) is 0 Å². The highest BCUT2D eigenvalue weighted by atomic mass is 15.3. The summed E-state index contributed by atoms with van der Waals surface area (Å²) >= 11 is 0. The quantitative estimate of drug-likeness (QED) is 0.632. The zero-order valence-corrected chi connectivity index (χ0v) is 21.1. The average molecular weight is 481 g/mol. The monoisotopic (exact) mass is 480 g/mol. The fourth-order valence-electron chi connectivity index (χ4n) is 8.58. The molecular formula is C30H36N6. The van der Waals surface area contributed by atoms with Gasteiger partial charge in [0, 0.05) is 90.4 Å². The molecule has 0 saturated carbocycles. The molecule has 8 aliphatic heterocycles. The number of hydrogen-bond donors (Lipinski definition) is 0. The lowest BCUT2D eigenvalue weighted by Gasteiger charge is -2.51. The van der Waals surface area contributed by atoms with Gasteiger partial charge in [0.25, 0.3) is 0 Å². The molecule has 10 rings (SSSR count). The summed E-state index contributed by atoms with van der Waals surface area (Å²) in [5.74, 6) is 0.943. The summed E-state index contributed by atoms with van der Waals surface area (Å²) in [4.78, 5) is 10.8. The Balaban J connectivity index is 1.28. The Morgan fingerprint density at radius 3 is 1.17 bits per heavy atom. The highest BCUT2D eigenvalue weighted by Crippen LogP contribution is 2.43. The minimum absolute atomic E-state index is 0.0430. The van der Waals surface area contributed by atoms with Gasteiger partial charge in [0.05, 0.1) is 22.3 Å². The molecule has 0 spiro atoms. The number of piperidine rings is 4. The fourth-order valence-corrected chi connectivity index (χ4v) is 8.58. The fraction of sp³-hybridized carbons (Fsp3) is 0.533. The van der Waals surface area contributed by atoms with E-state index in [0.29, 0.717) is 11.8 Å². The third-order valence-electron chi connectivity index (χ3n) is 10.0. The standard InChI is InChI=1S/C30H36N6/c1-3-7-25(8-4-1)29-19-33-11-12-34(20-29)16-23(15-33)27(29)31-32-28-24-17-35-13-14-36(18-24)22-30(28,21-35)26-9-5-2-6-10-26/h1-10,23-24H,11-22H2/b31-27+,32-28?. The van der Waals surface area contributed by atoms with Crippen molar-refractivity contribution in [2.24, 2.45) is 22.0 Å². The predicted molar refractivity (Wildman–Crippen MR) is 144 cm³/mol. The van der Waals surface area contributed by atoms with Crippen LogP contribution in [0.2, 0.25) is 0 Å². The number of benzene rings is 2. The minimum atomic E-state index is -0.0430. The van der Waals surface area contributed by atoms with Crippen LogP contribution >= 0.6 is 0 Å². The minimum Gasteiger partial charge on any atom is -0.300 e. The van der Waals surface area contributed by atoms with E-state index in [-0.39, 0.29) is 10.8 Å². The Bertz CT molecular complexity index is 1080. The molecule has 4 unspecified atom stereocenters. The zero-order valence-electron chi connectivity index (χ0n) is 21.1. The van der Waals surface area contributed by atoms with Crippen molar-refractivity contribution in [3.8, 4) is 0 Å². The van der Waals surface area contributed by atoms with E-state index in [1.165, 1.54) is 48.7 Å². The summed E-state index contributed by atoms with van der Waals surface area (Å²) in [5.41, 5.74) is 5.46. The lowest BCUT2D eigenvalue weighted by atomic mass is 9.66. The van der Waals surface area contributed by atoms with E-state index in [4.69, 9.17) is 10.2 Å². The molecule has 4 atom stereocenters. The van der Waals surface area contributed by atoms with Gasteiger partial charge in [-0.2, -0.15) is 10.2 Å². The molecule has 0 aromatic heterocycles. The van der Waals surface area contributed by atoms with Crippen molar-refractivity contribution in [1.82, 2.24) is 19.6 Å². The van der Waals surface area contributed by atoms with Crippen molar-refractivity contribution in [1.29, 1.82) is 0 Å². The van der Waals surface area contributed by atoms with Gasteiger partial charge in [-0.25, -0.2) is 0 Å². The molecule has 0 N–H and O–H groups in total. The lowest BCUT2D eigenvalue weighted by molar-refractivity contribution is 0.161. The van der Waals surface area contributed by atoms with E-state index in [1.807, 2.05) is 0 Å². The molecular weight excluding hydrogens is 444 g/mol. The summed E-state index contributed by atoms with van der Waals surface area (Å²) in [6.45, 7) is 13.5. The molecule has 8 bridgehead atoms. The van der Waals surface area contributed by atoms with Crippen LogP contribution in [0.5, 0.6) is 0 Å². The van der Waals surface area contributed by atoms with Gasteiger partial charge < -0.3 is 19.6 Å². The topological polar surface area (TPSA) is 37.7 Å². The number of nitrogens with zero attached hydrogens (tertiary/aromatic N) is 6. The second kappa shape index (κ2) is 8.06. The van der Waals surface area contributed by atoms with E-state index in [2.05, 4.69) is 80.3 Å². The van der Waals surface area contributed by atoms with Crippen LogP contribution < -0.4 is 0 Å². The average Bonchev–Trinajstić information content (AvgIpc) is 3.30. The first-order valence-corrected chi connectivity index (χ1v) is 13.9. The molecule has 0 amide bonds. The van der Waals surface area contributed by atoms with Crippen LogP contribution in [0.3, 0.4) is 0 Å². The molecule has 2 aromatic rings. The van der Waals surface area contributed by atoms with Crippen LogP contribution in [0.4, 0.5) is 0 Å². The van der Waals surface area contributed by atoms with Gasteiger partial charge in [-0.15, -0.1) is 0 Å². The van der Waals surface area contributed by atoms with Crippen molar-refractivity contribution in [2.75, 3.05) is 78.5 Å². The summed E-state index contributed by atoms with van der Waals surface area (Å²) < 4.78 is 0. The van der Waals surface area contributed by atoms with Gasteiger partial charge in [-0.3, -0.25) is 0 Å². The Labute approximate surface area is 214 Å². The highest BCUT2D eigenvalue weighted by molar-refractivity contribution is 6.02. The van der Waals surface area contributed by atoms with Crippen molar-refractivity contribution >= 4 is 11.4 Å². The maximum atomic E-state index is 5.37. The Morgan fingerprint density at radius 1 is 0.500 bits per heavy atom. The summed E-state index contributed by atoms with van der Waals surface area (Å²) in [7, 11) is 0. The van der Waals surface area contributed by atoms with Gasteiger partial charge in [0.15, 0.2) is 0 Å². The second-order valence-corrected chi connectivity index (χ2v) is 12.2. The van der Waals surface area contributed by atoms with Gasteiger partial charge in [0.1, 0.15) is 0 Å². The van der Waals surface area contributed by atoms with Crippen LogP contribution in [0, 0.1) is 11.8 Å². The summed E-state index contributed by atoms with van der Waals surface area (Å²) in [6.07, 6.45) is 0. The van der Waals surface area contributed by atoms with Crippen molar-refractivity contribution < 1.29 is 0 Å². The first kappa shape index (κ1) is 21.7. The molecule has 8 heterocycles. The Hall–Kier alpha value is -2.38. The molecule has 36 heavy (non-hydrogen) atoms. The van der Waals surface area contributed by atoms with Gasteiger partial charge in [0.2, 0.25) is 0 Å². The largest absolute Gasteiger partial charge is 0.300 e. The number of hydrogen-bond acceptors (Lipinski definition) is 6. The number of fused-ring (bicyclic) bond motifs is 2. The molecule has 2 aromatic carbocycles. The SMILES string of the molecule is c1ccc(C23CN4CCN(CC(C4)C2=N/N=C2\C4CN5CCN(C4)CC2(c2ccccc2)C5)C3)cc1. The van der Waals surface area contributed by atoms with E-state index in [1.54, 1.807) is 0 Å². The van der Waals surface area contributed by atoms with Gasteiger partial charge >= 0.3 is 0 Å². The molecule has 186 valence electrons. The molecule has 8 saturated heterocycles. The van der Waals surface area contributed by atoms with Crippen molar-refractivity contribution in [3.05, 3.63) is 71.8 Å². The highest BCUT2D eigenvalue weighted by Gasteiger charge is 2.55. The first-order valence-electron chi connectivity index (χ1n) is 13.9. The second-order valence-electron chi connectivity index (χ2n) is 12.2. The summed E-state index contributed by atoms with van der Waals surface area (Å²) in [5, 5.41) is 10.7. The maximum Gasteiger partial charge on any atom is 0.0612 e. The normalized spacial score (nSPS) is 44.8.